The van der Waals surface area contributed by atoms with Crippen molar-refractivity contribution < 1.29 is 14.7 Å². The Morgan fingerprint density at radius 2 is 1.96 bits per heavy atom. The Bertz CT molecular complexity index is 1860. The number of benzene rings is 1. The molecule has 4 aromatic heterocycles. The van der Waals surface area contributed by atoms with Crippen LogP contribution in [0, 0.1) is 13.8 Å². The second-order valence-corrected chi connectivity index (χ2v) is 12.7. The summed E-state index contributed by atoms with van der Waals surface area (Å²) < 4.78 is 3.10. The summed E-state index contributed by atoms with van der Waals surface area (Å²) in [6, 6.07) is 17.3. The average Bonchev–Trinajstić information content (AvgIpc) is 3.43. The van der Waals surface area contributed by atoms with E-state index in [1.165, 1.54) is 5.56 Å². The fourth-order valence-corrected chi connectivity index (χ4v) is 6.45. The molecule has 1 aromatic carbocycles. The third-order valence-electron chi connectivity index (χ3n) is 9.09. The highest BCUT2D eigenvalue weighted by molar-refractivity contribution is 5.91. The van der Waals surface area contributed by atoms with E-state index in [0.717, 1.165) is 91.3 Å². The zero-order valence-corrected chi connectivity index (χ0v) is 28.2. The summed E-state index contributed by atoms with van der Waals surface area (Å²) in [6.07, 6.45) is 9.15. The molecule has 1 aliphatic rings. The molecule has 0 spiro atoms. The van der Waals surface area contributed by atoms with E-state index in [1.54, 1.807) is 25.4 Å². The number of unbranched alkanes of at least 4 members (excludes halogenated alkanes) is 1. The first-order valence-electron chi connectivity index (χ1n) is 17.0. The average molecular weight is 649 g/mol. The minimum atomic E-state index is -0.515. The third kappa shape index (κ3) is 7.96. The lowest BCUT2D eigenvalue weighted by Gasteiger charge is -2.25. The van der Waals surface area contributed by atoms with Crippen LogP contribution in [0.3, 0.4) is 0 Å². The molecule has 48 heavy (non-hydrogen) atoms. The first-order chi connectivity index (χ1) is 23.4. The van der Waals surface area contributed by atoms with Crippen molar-refractivity contribution in [3.63, 3.8) is 0 Å². The summed E-state index contributed by atoms with van der Waals surface area (Å²) in [5, 5.41) is 23.7. The van der Waals surface area contributed by atoms with Crippen LogP contribution >= 0.6 is 0 Å². The molecule has 1 atom stereocenters. The lowest BCUT2D eigenvalue weighted by atomic mass is 10.1. The molecule has 11 heteroatoms. The molecule has 0 saturated heterocycles. The predicted molar refractivity (Wildman–Crippen MR) is 187 cm³/mol. The van der Waals surface area contributed by atoms with Crippen molar-refractivity contribution in [1.82, 2.24) is 29.6 Å². The Morgan fingerprint density at radius 3 is 2.75 bits per heavy atom. The molecule has 0 saturated carbocycles. The molecule has 1 aliphatic heterocycles. The summed E-state index contributed by atoms with van der Waals surface area (Å²) in [7, 11) is 0. The van der Waals surface area contributed by atoms with E-state index in [0.29, 0.717) is 35.7 Å². The van der Waals surface area contributed by atoms with Crippen LogP contribution in [-0.2, 0) is 24.2 Å². The molecule has 0 aliphatic carbocycles. The largest absolute Gasteiger partial charge is 0.370 e. The summed E-state index contributed by atoms with van der Waals surface area (Å²) in [5.41, 5.74) is 5.98. The van der Waals surface area contributed by atoms with Crippen LogP contribution in [0.2, 0.25) is 0 Å². The third-order valence-corrected chi connectivity index (χ3v) is 9.09. The molecule has 0 bridgehead atoms. The number of hydrogen-bond donors (Lipinski definition) is 3. The number of rotatable bonds is 15. The van der Waals surface area contributed by atoms with Crippen molar-refractivity contribution in [1.29, 1.82) is 0 Å². The van der Waals surface area contributed by atoms with Crippen LogP contribution in [0.5, 0.6) is 0 Å². The molecule has 0 fully saturated rings. The van der Waals surface area contributed by atoms with Gasteiger partial charge in [-0.3, -0.25) is 19.8 Å². The first-order valence-corrected chi connectivity index (χ1v) is 17.0. The van der Waals surface area contributed by atoms with Crippen LogP contribution < -0.4 is 15.4 Å². The van der Waals surface area contributed by atoms with Crippen molar-refractivity contribution in [2.75, 3.05) is 36.8 Å². The van der Waals surface area contributed by atoms with Gasteiger partial charge in [0.15, 0.2) is 11.3 Å². The Balaban J connectivity index is 1.15. The Hall–Kier alpha value is -4.90. The standard InChI is InChI=1S/C37H45N9O2/c1-26-24-27(2)45(43-26)23-22-44(20-7-6-12-31-16-15-29-10-9-19-39-35(29)40-31)21-17-33(28(3)47)41-37-32-13-4-5-14-34(32)42-36(46(37)48)30-11-8-18-38-25-30/h4-5,8,11,13-16,18,24-25,33,48H,6-7,9-10,12,17,19-23H2,1-3H3,(H,39,40)/p+1/t33-/m0/s1. The number of Topliss-reactive ketones (excluding diaryl/α,β-unsaturated/α-hetero) is 1. The van der Waals surface area contributed by atoms with Gasteiger partial charge < -0.3 is 15.4 Å². The van der Waals surface area contributed by atoms with E-state index in [1.807, 2.05) is 37.3 Å². The Labute approximate surface area is 282 Å². The van der Waals surface area contributed by atoms with Gasteiger partial charge >= 0.3 is 5.82 Å². The highest BCUT2D eigenvalue weighted by Crippen LogP contribution is 2.24. The van der Waals surface area contributed by atoms with E-state index in [4.69, 9.17) is 9.97 Å². The first kappa shape index (κ1) is 33.0. The predicted octanol–water partition coefficient (Wildman–Crippen LogP) is 5.17. The second kappa shape index (κ2) is 15.3. The van der Waals surface area contributed by atoms with Gasteiger partial charge in [0.1, 0.15) is 11.9 Å². The fourth-order valence-electron chi connectivity index (χ4n) is 6.45. The van der Waals surface area contributed by atoms with E-state index in [2.05, 4.69) is 55.4 Å². The minimum absolute atomic E-state index is 0.00408. The molecular weight excluding hydrogens is 602 g/mol. The van der Waals surface area contributed by atoms with Crippen molar-refractivity contribution in [3.05, 3.63) is 89.6 Å². The van der Waals surface area contributed by atoms with Crippen molar-refractivity contribution in [3.8, 4) is 11.4 Å². The Morgan fingerprint density at radius 1 is 1.08 bits per heavy atom. The number of fused-ring (bicyclic) bond motifs is 2. The molecule has 6 rings (SSSR count). The Kier molecular flexibility index (Phi) is 10.5. The quantitative estimate of drug-likeness (QED) is 0.0801. The number of ketones is 1. The molecule has 11 nitrogen and oxygen atoms in total. The van der Waals surface area contributed by atoms with Gasteiger partial charge in [0.25, 0.3) is 5.82 Å². The van der Waals surface area contributed by atoms with Crippen LogP contribution in [0.1, 0.15) is 55.3 Å². The highest BCUT2D eigenvalue weighted by Gasteiger charge is 2.27. The lowest BCUT2D eigenvalue weighted by molar-refractivity contribution is -0.885. The van der Waals surface area contributed by atoms with E-state index >= 15 is 0 Å². The van der Waals surface area contributed by atoms with Crippen molar-refractivity contribution in [2.24, 2.45) is 0 Å². The maximum absolute atomic E-state index is 13.1. The number of nitrogens with zero attached hydrogens (tertiary/aromatic N) is 7. The van der Waals surface area contributed by atoms with Gasteiger partial charge in [-0.25, -0.2) is 4.98 Å². The number of para-hydroxylation sites is 1. The number of nitrogens with one attached hydrogen (secondary N) is 2. The van der Waals surface area contributed by atoms with Crippen molar-refractivity contribution >= 4 is 28.3 Å². The lowest BCUT2D eigenvalue weighted by Crippen LogP contribution is -2.43. The number of anilines is 2. The highest BCUT2D eigenvalue weighted by atomic mass is 16.5. The molecule has 0 radical (unpaired) electrons. The topological polar surface area (TPSA) is 125 Å². The zero-order chi connectivity index (χ0) is 33.5. The maximum atomic E-state index is 13.1. The van der Waals surface area contributed by atoms with Gasteiger partial charge in [-0.2, -0.15) is 5.10 Å². The van der Waals surface area contributed by atoms with Crippen LogP contribution in [0.25, 0.3) is 22.3 Å². The number of carbonyl (C=O) groups is 1. The van der Waals surface area contributed by atoms with Gasteiger partial charge in [0.2, 0.25) is 0 Å². The summed E-state index contributed by atoms with van der Waals surface area (Å²) in [6.45, 7) is 9.90. The van der Waals surface area contributed by atoms with Gasteiger partial charge in [0.05, 0.1) is 23.2 Å². The smallest absolute Gasteiger partial charge is 0.309 e. The van der Waals surface area contributed by atoms with E-state index < -0.39 is 6.04 Å². The molecule has 5 aromatic rings. The van der Waals surface area contributed by atoms with Gasteiger partial charge in [0, 0.05) is 49.8 Å². The summed E-state index contributed by atoms with van der Waals surface area (Å²) in [4.78, 5) is 29.3. The van der Waals surface area contributed by atoms with Crippen LogP contribution in [-0.4, -0.2) is 72.8 Å². The SMILES string of the molecule is CC(=O)[C@H](CCN(CCCCc1ccc2c(n1)NCCC2)CCn1nc(C)cc1C)Nc1c2ccccc2nc(-c2cccnc2)[n+]1O. The maximum Gasteiger partial charge on any atom is 0.309 e. The number of carbonyl (C=O) groups excluding carboxylic acids is 1. The number of pyridine rings is 2. The fraction of sp³-hybridized carbons (Fsp3) is 0.405. The van der Waals surface area contributed by atoms with E-state index in [9.17, 15) is 10.0 Å². The summed E-state index contributed by atoms with van der Waals surface area (Å²) >= 11 is 0. The minimum Gasteiger partial charge on any atom is -0.370 e. The van der Waals surface area contributed by atoms with Crippen LogP contribution in [0.4, 0.5) is 11.6 Å². The van der Waals surface area contributed by atoms with Crippen molar-refractivity contribution in [2.45, 2.75) is 71.9 Å². The van der Waals surface area contributed by atoms with Gasteiger partial charge in [-0.05, 0) is 101 Å². The van der Waals surface area contributed by atoms with E-state index in [-0.39, 0.29) is 5.78 Å². The molecule has 3 N–H and O–H groups in total. The number of aromatic nitrogens is 6. The monoisotopic (exact) mass is 648 g/mol. The molecule has 0 unspecified atom stereocenters. The molecule has 5 heterocycles. The van der Waals surface area contributed by atoms with Gasteiger partial charge in [-0.15, -0.1) is 0 Å². The van der Waals surface area contributed by atoms with Crippen LogP contribution in [0.15, 0.2) is 67.0 Å². The molecule has 250 valence electrons. The molecular formula is C37H46N9O2+. The number of hydrogen-bond acceptors (Lipinski definition) is 9. The number of aryl methyl sites for hydroxylation is 4. The normalized spacial score (nSPS) is 13.3. The summed E-state index contributed by atoms with van der Waals surface area (Å²) in [5.74, 6) is 1.83. The molecule has 0 amide bonds. The van der Waals surface area contributed by atoms with Gasteiger partial charge in [-0.1, -0.05) is 27.9 Å². The zero-order valence-electron chi connectivity index (χ0n) is 28.2. The second-order valence-electron chi connectivity index (χ2n) is 12.7.